The van der Waals surface area contributed by atoms with E-state index < -0.39 is 30.6 Å². The number of nitrogens with zero attached hydrogens (tertiary/aromatic N) is 3. The first-order valence-corrected chi connectivity index (χ1v) is 12.6. The minimum Gasteiger partial charge on any atom is -0.497 e. The molecule has 5 rings (SSSR count). The number of halogens is 3. The maximum absolute atomic E-state index is 13.6. The van der Waals surface area contributed by atoms with Crippen molar-refractivity contribution in [3.05, 3.63) is 60.3 Å². The second-order valence-corrected chi connectivity index (χ2v) is 9.76. The van der Waals surface area contributed by atoms with E-state index in [-0.39, 0.29) is 25.7 Å². The third kappa shape index (κ3) is 5.73. The minimum absolute atomic E-state index is 0.0512. The monoisotopic (exact) mass is 533 g/mol. The van der Waals surface area contributed by atoms with E-state index in [1.807, 2.05) is 35.1 Å². The summed E-state index contributed by atoms with van der Waals surface area (Å²) in [6.45, 7) is 0.162. The van der Waals surface area contributed by atoms with Crippen LogP contribution in [-0.4, -0.2) is 72.1 Å². The van der Waals surface area contributed by atoms with Gasteiger partial charge in [-0.3, -0.25) is 4.68 Å². The molecule has 1 amide bonds. The fourth-order valence-corrected chi connectivity index (χ4v) is 5.10. The summed E-state index contributed by atoms with van der Waals surface area (Å²) >= 11 is 0. The fourth-order valence-electron chi connectivity index (χ4n) is 5.10. The molecule has 2 unspecified atom stereocenters. The van der Waals surface area contributed by atoms with Gasteiger partial charge in [-0.05, 0) is 36.6 Å². The number of likely N-dealkylation sites (tertiary alicyclic amines) is 1. The molecule has 2 saturated heterocycles. The highest BCUT2D eigenvalue weighted by Crippen LogP contribution is 2.41. The van der Waals surface area contributed by atoms with E-state index >= 15 is 0 Å². The first kappa shape index (κ1) is 26.3. The van der Waals surface area contributed by atoms with Gasteiger partial charge in [0, 0.05) is 24.9 Å². The molecule has 1 spiro atoms. The van der Waals surface area contributed by atoms with E-state index in [0.717, 1.165) is 17.3 Å². The molecule has 38 heavy (non-hydrogen) atoms. The summed E-state index contributed by atoms with van der Waals surface area (Å²) in [7, 11) is 1.52. The Hall–Kier alpha value is -3.31. The summed E-state index contributed by atoms with van der Waals surface area (Å²) in [6.07, 6.45) is -4.51. The Morgan fingerprint density at radius 2 is 1.89 bits per heavy atom. The number of piperidine rings is 1. The number of rotatable bonds is 7. The highest BCUT2D eigenvalue weighted by Gasteiger charge is 2.47. The second-order valence-electron chi connectivity index (χ2n) is 9.76. The van der Waals surface area contributed by atoms with Gasteiger partial charge in [0.05, 0.1) is 50.3 Å². The number of carbonyl (C=O) groups is 1. The van der Waals surface area contributed by atoms with Crippen molar-refractivity contribution < 1.29 is 36.9 Å². The third-order valence-electron chi connectivity index (χ3n) is 7.28. The van der Waals surface area contributed by atoms with Crippen LogP contribution < -0.4 is 4.74 Å². The predicted octanol–water partition coefficient (Wildman–Crippen LogP) is 5.13. The topological polar surface area (TPSA) is 75.1 Å². The molecule has 0 aliphatic carbocycles. The van der Waals surface area contributed by atoms with Gasteiger partial charge < -0.3 is 23.8 Å². The summed E-state index contributed by atoms with van der Waals surface area (Å²) < 4.78 is 64.1. The summed E-state index contributed by atoms with van der Waals surface area (Å²) in [6, 6.07) is 14.8. The first-order valence-electron chi connectivity index (χ1n) is 12.6. The Bertz CT molecular complexity index is 1240. The lowest BCUT2D eigenvalue weighted by atomic mass is 9.87. The second kappa shape index (κ2) is 10.8. The van der Waals surface area contributed by atoms with Crippen molar-refractivity contribution in [2.75, 3.05) is 33.4 Å². The van der Waals surface area contributed by atoms with Gasteiger partial charge in [0.1, 0.15) is 5.75 Å². The summed E-state index contributed by atoms with van der Waals surface area (Å²) in [4.78, 5) is 14.0. The van der Waals surface area contributed by atoms with Crippen LogP contribution in [0.25, 0.3) is 10.9 Å². The highest BCUT2D eigenvalue weighted by atomic mass is 19.4. The van der Waals surface area contributed by atoms with Crippen LogP contribution in [-0.2, 0) is 20.8 Å². The Balaban J connectivity index is 1.13. The zero-order chi connectivity index (χ0) is 26.8. The van der Waals surface area contributed by atoms with Crippen LogP contribution in [0, 0.1) is 0 Å². The van der Waals surface area contributed by atoms with E-state index in [1.165, 1.54) is 12.0 Å². The number of ether oxygens (including phenoxy) is 4. The number of carbonyl (C=O) groups excluding carboxylic acids is 1. The number of para-hydroxylation sites is 1. The van der Waals surface area contributed by atoms with Gasteiger partial charge in [0.15, 0.2) is 0 Å². The number of hydrogen-bond donors (Lipinski definition) is 0. The molecule has 2 aliphatic heterocycles. The molecule has 11 heteroatoms. The molecule has 2 aromatic carbocycles. The number of amides is 1. The van der Waals surface area contributed by atoms with Gasteiger partial charge in [0.2, 0.25) is 6.10 Å². The Labute approximate surface area is 218 Å². The van der Waals surface area contributed by atoms with Gasteiger partial charge >= 0.3 is 12.3 Å². The standard InChI is InChI=1S/C27H30F3N3O5/c1-35-22-8-6-19(7-9-22)16-36-18-24(27(28,29)30)38-25(34)32-12-10-26(11-13-32)14-21(17-37-26)33-23-5-3-2-4-20(23)15-31-33/h2-9,15,21,24H,10-14,16-18H2,1H3. The van der Waals surface area contributed by atoms with Crippen molar-refractivity contribution in [2.45, 2.75) is 49.8 Å². The smallest absolute Gasteiger partial charge is 0.427 e. The average Bonchev–Trinajstić information content (AvgIpc) is 3.52. The Morgan fingerprint density at radius 3 is 2.61 bits per heavy atom. The molecule has 0 saturated carbocycles. The van der Waals surface area contributed by atoms with Gasteiger partial charge in [0.25, 0.3) is 0 Å². The lowest BCUT2D eigenvalue weighted by molar-refractivity contribution is -0.220. The molecule has 2 fully saturated rings. The number of hydrogen-bond acceptors (Lipinski definition) is 6. The summed E-state index contributed by atoms with van der Waals surface area (Å²) in [5, 5.41) is 5.59. The molecule has 1 aromatic heterocycles. The number of aromatic nitrogens is 2. The predicted molar refractivity (Wildman–Crippen MR) is 132 cm³/mol. The maximum atomic E-state index is 13.6. The van der Waals surface area contributed by atoms with Gasteiger partial charge in [-0.1, -0.05) is 30.3 Å². The third-order valence-corrected chi connectivity index (χ3v) is 7.28. The van der Waals surface area contributed by atoms with Crippen molar-refractivity contribution in [2.24, 2.45) is 0 Å². The number of methoxy groups -OCH3 is 1. The van der Waals surface area contributed by atoms with Gasteiger partial charge in [-0.2, -0.15) is 18.3 Å². The molecule has 3 heterocycles. The Morgan fingerprint density at radius 1 is 1.16 bits per heavy atom. The number of fused-ring (bicyclic) bond motifs is 1. The number of benzene rings is 2. The summed E-state index contributed by atoms with van der Waals surface area (Å²) in [5.41, 5.74) is 1.28. The van der Waals surface area contributed by atoms with Crippen LogP contribution >= 0.6 is 0 Å². The number of alkyl halides is 3. The van der Waals surface area contributed by atoms with Crippen molar-refractivity contribution >= 4 is 17.0 Å². The van der Waals surface area contributed by atoms with Gasteiger partial charge in [-0.25, -0.2) is 4.79 Å². The normalized spacial score (nSPS) is 20.1. The maximum Gasteiger partial charge on any atom is 0.427 e. The molecule has 0 N–H and O–H groups in total. The Kier molecular flexibility index (Phi) is 7.49. The van der Waals surface area contributed by atoms with E-state index in [2.05, 4.69) is 5.10 Å². The molecule has 204 valence electrons. The molecular weight excluding hydrogens is 503 g/mol. The average molecular weight is 534 g/mol. The lowest BCUT2D eigenvalue weighted by Gasteiger charge is -2.38. The van der Waals surface area contributed by atoms with Gasteiger partial charge in [-0.15, -0.1) is 0 Å². The van der Waals surface area contributed by atoms with Crippen molar-refractivity contribution in [3.63, 3.8) is 0 Å². The molecule has 2 atom stereocenters. The van der Waals surface area contributed by atoms with Crippen LogP contribution in [0.4, 0.5) is 18.0 Å². The van der Waals surface area contributed by atoms with Crippen molar-refractivity contribution in [3.8, 4) is 5.75 Å². The first-order chi connectivity index (χ1) is 18.3. The highest BCUT2D eigenvalue weighted by molar-refractivity contribution is 5.78. The van der Waals surface area contributed by atoms with Crippen molar-refractivity contribution in [1.82, 2.24) is 14.7 Å². The van der Waals surface area contributed by atoms with Crippen LogP contribution in [0.3, 0.4) is 0 Å². The molecule has 0 radical (unpaired) electrons. The van der Waals surface area contributed by atoms with Crippen LogP contribution in [0.5, 0.6) is 5.75 Å². The lowest BCUT2D eigenvalue weighted by Crippen LogP contribution is -2.49. The minimum atomic E-state index is -4.75. The van der Waals surface area contributed by atoms with Crippen LogP contribution in [0.1, 0.15) is 30.9 Å². The van der Waals surface area contributed by atoms with Crippen LogP contribution in [0.15, 0.2) is 54.7 Å². The summed E-state index contributed by atoms with van der Waals surface area (Å²) in [5.74, 6) is 0.632. The molecular formula is C27H30F3N3O5. The van der Waals surface area contributed by atoms with Crippen LogP contribution in [0.2, 0.25) is 0 Å². The van der Waals surface area contributed by atoms with E-state index in [0.29, 0.717) is 30.8 Å². The largest absolute Gasteiger partial charge is 0.497 e. The molecule has 3 aromatic rings. The zero-order valence-corrected chi connectivity index (χ0v) is 21.0. The quantitative estimate of drug-likeness (QED) is 0.420. The molecule has 8 nitrogen and oxygen atoms in total. The van der Waals surface area contributed by atoms with E-state index in [9.17, 15) is 18.0 Å². The van der Waals surface area contributed by atoms with E-state index in [1.54, 1.807) is 24.3 Å². The van der Waals surface area contributed by atoms with E-state index in [4.69, 9.17) is 18.9 Å². The molecule has 0 bridgehead atoms. The SMILES string of the molecule is COc1ccc(COCC(OC(=O)N2CCC3(CC2)CC(n2ncc4ccccc42)CO3)C(F)(F)F)cc1. The van der Waals surface area contributed by atoms with Crippen molar-refractivity contribution in [1.29, 1.82) is 0 Å². The molecule has 2 aliphatic rings. The zero-order valence-electron chi connectivity index (χ0n) is 21.0. The fraction of sp³-hybridized carbons (Fsp3) is 0.481.